The monoisotopic (exact) mass is 511 g/mol. The third-order valence-electron chi connectivity index (χ3n) is 6.25. The predicted molar refractivity (Wildman–Crippen MR) is 151 cm³/mol. The highest BCUT2D eigenvalue weighted by Crippen LogP contribution is 2.35. The van der Waals surface area contributed by atoms with E-state index in [0.717, 1.165) is 33.6 Å². The summed E-state index contributed by atoms with van der Waals surface area (Å²) in [5, 5.41) is 0. The predicted octanol–water partition coefficient (Wildman–Crippen LogP) is 7.87. The van der Waals surface area contributed by atoms with Crippen LogP contribution in [0.1, 0.15) is 41.7 Å². The highest BCUT2D eigenvalue weighted by atomic mass is 32.2. The van der Waals surface area contributed by atoms with Gasteiger partial charge in [0.2, 0.25) is 0 Å². The summed E-state index contributed by atoms with van der Waals surface area (Å²) in [6, 6.07) is 31.7. The minimum Gasteiger partial charge on any atom is -0.481 e. The maximum absolute atomic E-state index is 12.8. The number of hydrogen-bond donors (Lipinski definition) is 0. The minimum absolute atomic E-state index is 0.141. The van der Waals surface area contributed by atoms with Crippen molar-refractivity contribution in [3.8, 4) is 5.75 Å². The van der Waals surface area contributed by atoms with Crippen LogP contribution < -0.4 is 4.74 Å². The molecular weight excluding hydrogens is 476 g/mol. The van der Waals surface area contributed by atoms with Crippen molar-refractivity contribution in [2.24, 2.45) is 0 Å². The van der Waals surface area contributed by atoms with E-state index < -0.39 is 5.60 Å². The van der Waals surface area contributed by atoms with Crippen LogP contribution in [0.4, 0.5) is 0 Å². The molecule has 37 heavy (non-hydrogen) atoms. The zero-order chi connectivity index (χ0) is 26.6. The van der Waals surface area contributed by atoms with Crippen molar-refractivity contribution < 1.29 is 14.3 Å². The lowest BCUT2D eigenvalue weighted by molar-refractivity contribution is -0.159. The van der Waals surface area contributed by atoms with Gasteiger partial charge in [0.15, 0.2) is 21.3 Å². The fourth-order valence-corrected chi connectivity index (χ4v) is 6.87. The Balaban J connectivity index is 1.53. The lowest BCUT2D eigenvalue weighted by Crippen LogP contribution is -2.29. The maximum atomic E-state index is 12.8. The average Bonchev–Trinajstić information content (AvgIpc) is 2.84. The van der Waals surface area contributed by atoms with Gasteiger partial charge in [0.25, 0.3) is 0 Å². The van der Waals surface area contributed by atoms with Gasteiger partial charge in [-0.05, 0) is 82.5 Å². The fourth-order valence-electron chi connectivity index (χ4n) is 4.60. The molecule has 4 rings (SSSR count). The summed E-state index contributed by atoms with van der Waals surface area (Å²) in [6.07, 6.45) is 0. The minimum atomic E-state index is -0.745. The highest BCUT2D eigenvalue weighted by Gasteiger charge is 2.30. The molecule has 0 bridgehead atoms. The largest absolute Gasteiger partial charge is 0.481 e. The quantitative estimate of drug-likeness (QED) is 0.178. The lowest BCUT2D eigenvalue weighted by atomic mass is 9.94. The van der Waals surface area contributed by atoms with Crippen molar-refractivity contribution in [2.45, 2.75) is 61.8 Å². The van der Waals surface area contributed by atoms with Crippen LogP contribution in [0.2, 0.25) is 0 Å². The van der Waals surface area contributed by atoms with Crippen molar-refractivity contribution >= 4 is 16.9 Å². The first-order valence-electron chi connectivity index (χ1n) is 12.5. The van der Waals surface area contributed by atoms with Gasteiger partial charge in [-0.3, -0.25) is 0 Å². The van der Waals surface area contributed by atoms with Gasteiger partial charge in [0, 0.05) is 12.1 Å². The summed E-state index contributed by atoms with van der Waals surface area (Å²) in [7, 11) is -0.242. The Bertz CT molecular complexity index is 1290. The van der Waals surface area contributed by atoms with Crippen molar-refractivity contribution in [3.63, 3.8) is 0 Å². The first-order chi connectivity index (χ1) is 17.6. The Morgan fingerprint density at radius 1 is 0.703 bits per heavy atom. The fraction of sp³-hybridized carbons (Fsp3) is 0.242. The van der Waals surface area contributed by atoms with Crippen LogP contribution in [0.25, 0.3) is 0 Å². The topological polar surface area (TPSA) is 35.5 Å². The third kappa shape index (κ3) is 6.44. The van der Waals surface area contributed by atoms with E-state index in [1.807, 2.05) is 53.7 Å². The summed E-state index contributed by atoms with van der Waals surface area (Å²) in [5.74, 6) is 0.343. The van der Waals surface area contributed by atoms with Gasteiger partial charge in [-0.2, -0.15) is 0 Å². The van der Waals surface area contributed by atoms with Gasteiger partial charge in [0.1, 0.15) is 11.4 Å². The van der Waals surface area contributed by atoms with Gasteiger partial charge in [0.05, 0.1) is 10.9 Å². The number of hydrogen-bond acceptors (Lipinski definition) is 3. The number of esters is 1. The summed E-state index contributed by atoms with van der Waals surface area (Å²) < 4.78 is 11.9. The van der Waals surface area contributed by atoms with E-state index in [2.05, 4.69) is 78.9 Å². The summed E-state index contributed by atoms with van der Waals surface area (Å²) in [5.41, 5.74) is 4.52. The van der Waals surface area contributed by atoms with E-state index in [4.69, 9.17) is 9.47 Å². The molecule has 0 spiro atoms. The van der Waals surface area contributed by atoms with Crippen LogP contribution in [0.5, 0.6) is 5.75 Å². The van der Waals surface area contributed by atoms with Crippen molar-refractivity contribution in [2.75, 3.05) is 6.61 Å². The number of ether oxygens (including phenoxy) is 2. The number of rotatable bonds is 8. The maximum Gasteiger partial charge on any atom is 0.345 e. The molecule has 4 aromatic carbocycles. The average molecular weight is 512 g/mol. The van der Waals surface area contributed by atoms with Crippen molar-refractivity contribution in [3.05, 3.63) is 119 Å². The Morgan fingerprint density at radius 2 is 1.19 bits per heavy atom. The van der Waals surface area contributed by atoms with Gasteiger partial charge in [-0.15, -0.1) is 0 Å². The van der Waals surface area contributed by atoms with Gasteiger partial charge in [-0.1, -0.05) is 65.7 Å². The van der Waals surface area contributed by atoms with Crippen LogP contribution in [0.15, 0.2) is 106 Å². The smallest absolute Gasteiger partial charge is 0.345 e. The highest BCUT2D eigenvalue weighted by molar-refractivity contribution is 7.97. The number of carbonyl (C=O) groups is 1. The molecule has 0 saturated carbocycles. The second-order valence-electron chi connectivity index (χ2n) is 9.97. The van der Waals surface area contributed by atoms with Crippen molar-refractivity contribution in [1.29, 1.82) is 0 Å². The second kappa shape index (κ2) is 11.3. The molecule has 3 nitrogen and oxygen atoms in total. The first kappa shape index (κ1) is 26.6. The molecule has 0 aliphatic heterocycles. The Morgan fingerprint density at radius 3 is 1.68 bits per heavy atom. The Labute approximate surface area is 223 Å². The van der Waals surface area contributed by atoms with E-state index in [0.29, 0.717) is 0 Å². The first-order valence-corrected chi connectivity index (χ1v) is 13.8. The van der Waals surface area contributed by atoms with Crippen LogP contribution >= 0.6 is 0 Å². The molecule has 0 fully saturated rings. The normalized spacial score (nSPS) is 11.4. The van der Waals surface area contributed by atoms with E-state index in [9.17, 15) is 4.79 Å². The van der Waals surface area contributed by atoms with Crippen LogP contribution in [-0.4, -0.2) is 12.6 Å². The Kier molecular flexibility index (Phi) is 8.09. The van der Waals surface area contributed by atoms with E-state index in [-0.39, 0.29) is 23.5 Å². The summed E-state index contributed by atoms with van der Waals surface area (Å²) >= 11 is 0. The molecule has 0 radical (unpaired) electrons. The van der Waals surface area contributed by atoms with Crippen LogP contribution in [0, 0.1) is 27.7 Å². The van der Waals surface area contributed by atoms with Gasteiger partial charge >= 0.3 is 5.97 Å². The zero-order valence-corrected chi connectivity index (χ0v) is 23.3. The molecule has 0 aliphatic carbocycles. The van der Waals surface area contributed by atoms with Gasteiger partial charge < -0.3 is 9.47 Å². The molecule has 0 heterocycles. The van der Waals surface area contributed by atoms with E-state index >= 15 is 0 Å². The number of carbonyl (C=O) groups excluding carboxylic acids is 1. The third-order valence-corrected chi connectivity index (χ3v) is 8.44. The SMILES string of the molecule is Cc1cc(C)cc(C(C)(C)OC(=O)COc2c(C)cc([S+](c3ccccc3)c3ccccc3)cc2C)c1. The van der Waals surface area contributed by atoms with Gasteiger partial charge in [-0.25, -0.2) is 4.79 Å². The van der Waals surface area contributed by atoms with E-state index in [1.165, 1.54) is 14.7 Å². The zero-order valence-electron chi connectivity index (χ0n) is 22.5. The molecule has 0 N–H and O–H groups in total. The molecule has 0 atom stereocenters. The number of benzene rings is 4. The lowest BCUT2D eigenvalue weighted by Gasteiger charge is -2.26. The molecule has 4 aromatic rings. The van der Waals surface area contributed by atoms with E-state index in [1.54, 1.807) is 0 Å². The molecule has 190 valence electrons. The second-order valence-corrected chi connectivity index (χ2v) is 12.0. The number of aryl methyl sites for hydroxylation is 4. The molecular formula is C33H35O3S+. The standard InChI is InChI=1S/C33H35O3S/c1-23-17-24(2)19-27(18-23)33(5,6)36-31(34)22-35-32-25(3)20-30(21-26(32)4)37(28-13-9-7-10-14-28)29-15-11-8-12-16-29/h7-21H,22H2,1-6H3/q+1. The molecule has 4 heteroatoms. The summed E-state index contributed by atoms with van der Waals surface area (Å²) in [6.45, 7) is 11.9. The Hall–Kier alpha value is -3.50. The van der Waals surface area contributed by atoms with Crippen LogP contribution in [0.3, 0.4) is 0 Å². The molecule has 0 saturated heterocycles. The molecule has 0 unspecified atom stereocenters. The van der Waals surface area contributed by atoms with Crippen molar-refractivity contribution in [1.82, 2.24) is 0 Å². The molecule has 0 aliphatic rings. The van der Waals surface area contributed by atoms with Crippen LogP contribution in [-0.2, 0) is 26.0 Å². The summed E-state index contributed by atoms with van der Waals surface area (Å²) in [4.78, 5) is 16.5. The molecule has 0 amide bonds. The molecule has 0 aromatic heterocycles.